The van der Waals surface area contributed by atoms with Crippen molar-refractivity contribution in [3.05, 3.63) is 41.7 Å². The zero-order chi connectivity index (χ0) is 15.6. The maximum atomic E-state index is 5.28. The highest BCUT2D eigenvalue weighted by Gasteiger charge is 2.28. The van der Waals surface area contributed by atoms with E-state index in [0.717, 1.165) is 30.8 Å². The molecule has 1 unspecified atom stereocenters. The van der Waals surface area contributed by atoms with E-state index in [4.69, 9.17) is 13.5 Å². The van der Waals surface area contributed by atoms with Crippen LogP contribution in [0, 0.1) is 6.92 Å². The molecule has 3 aromatic rings. The van der Waals surface area contributed by atoms with Gasteiger partial charge in [-0.15, -0.1) is 0 Å². The molecule has 1 saturated heterocycles. The van der Waals surface area contributed by atoms with Crippen molar-refractivity contribution in [2.24, 2.45) is 0 Å². The van der Waals surface area contributed by atoms with Gasteiger partial charge in [0.2, 0.25) is 0 Å². The number of aryl methyl sites for hydroxylation is 1. The summed E-state index contributed by atoms with van der Waals surface area (Å²) in [6, 6.07) is 5.85. The van der Waals surface area contributed by atoms with Gasteiger partial charge in [-0.05, 0) is 38.4 Å². The van der Waals surface area contributed by atoms with E-state index in [2.05, 4.69) is 20.2 Å². The minimum absolute atomic E-state index is 0.242. The fourth-order valence-electron chi connectivity index (χ4n) is 3.06. The minimum Gasteiger partial charge on any atom is -0.459 e. The van der Waals surface area contributed by atoms with Crippen molar-refractivity contribution >= 4 is 0 Å². The summed E-state index contributed by atoms with van der Waals surface area (Å²) in [6.07, 6.45) is 5.01. The first-order valence-electron chi connectivity index (χ1n) is 7.83. The van der Waals surface area contributed by atoms with E-state index in [0.29, 0.717) is 24.0 Å². The topological polar surface area (TPSA) is 81.3 Å². The Morgan fingerprint density at radius 1 is 1.26 bits per heavy atom. The molecule has 1 aliphatic rings. The molecule has 3 aromatic heterocycles. The molecule has 0 N–H and O–H groups in total. The Morgan fingerprint density at radius 3 is 3.00 bits per heavy atom. The van der Waals surface area contributed by atoms with Crippen molar-refractivity contribution in [1.29, 1.82) is 0 Å². The van der Waals surface area contributed by atoms with Crippen LogP contribution in [0.2, 0.25) is 0 Å². The number of aromatic nitrogens is 3. The van der Waals surface area contributed by atoms with Crippen LogP contribution in [0.5, 0.6) is 0 Å². The summed E-state index contributed by atoms with van der Waals surface area (Å²) < 4.78 is 15.8. The third-order valence-corrected chi connectivity index (χ3v) is 4.15. The number of piperidine rings is 1. The van der Waals surface area contributed by atoms with E-state index in [-0.39, 0.29) is 6.04 Å². The molecule has 0 saturated carbocycles. The lowest BCUT2D eigenvalue weighted by molar-refractivity contribution is 0.129. The van der Waals surface area contributed by atoms with Gasteiger partial charge in [0.1, 0.15) is 11.5 Å². The molecule has 23 heavy (non-hydrogen) atoms. The third kappa shape index (κ3) is 2.92. The molecule has 0 bridgehead atoms. The zero-order valence-corrected chi connectivity index (χ0v) is 12.9. The van der Waals surface area contributed by atoms with Gasteiger partial charge < -0.3 is 13.5 Å². The van der Waals surface area contributed by atoms with Crippen LogP contribution in [-0.4, -0.2) is 26.7 Å². The van der Waals surface area contributed by atoms with Crippen molar-refractivity contribution < 1.29 is 13.5 Å². The number of likely N-dealkylation sites (tertiary alicyclic amines) is 1. The molecule has 7 nitrogen and oxygen atoms in total. The molecule has 0 radical (unpaired) electrons. The summed E-state index contributed by atoms with van der Waals surface area (Å²) in [7, 11) is 0. The number of hydrogen-bond acceptors (Lipinski definition) is 7. The molecule has 4 rings (SSSR count). The molecule has 0 spiro atoms. The standard InChI is InChI=1S/C16H18N4O3/c1-11-9-12(18-22-11)13-5-2-3-7-20(13)10-15-17-16(23-19-15)14-6-4-8-21-14/h4,6,8-9,13H,2-3,5,7,10H2,1H3. The van der Waals surface area contributed by atoms with E-state index in [1.165, 1.54) is 6.42 Å². The smallest absolute Gasteiger partial charge is 0.293 e. The number of rotatable bonds is 4. The van der Waals surface area contributed by atoms with Crippen LogP contribution in [0.3, 0.4) is 0 Å². The monoisotopic (exact) mass is 314 g/mol. The molecule has 1 aliphatic heterocycles. The highest BCUT2D eigenvalue weighted by atomic mass is 16.5. The van der Waals surface area contributed by atoms with Crippen LogP contribution in [0.15, 0.2) is 37.9 Å². The average molecular weight is 314 g/mol. The van der Waals surface area contributed by atoms with Crippen LogP contribution >= 0.6 is 0 Å². The number of hydrogen-bond donors (Lipinski definition) is 0. The van der Waals surface area contributed by atoms with E-state index in [1.54, 1.807) is 18.4 Å². The highest BCUT2D eigenvalue weighted by molar-refractivity contribution is 5.42. The predicted molar refractivity (Wildman–Crippen MR) is 80.2 cm³/mol. The average Bonchev–Trinajstić information content (AvgIpc) is 3.28. The second kappa shape index (κ2) is 6.00. The summed E-state index contributed by atoms with van der Waals surface area (Å²) in [6.45, 7) is 3.53. The molecular formula is C16H18N4O3. The second-order valence-electron chi connectivity index (χ2n) is 5.84. The van der Waals surface area contributed by atoms with Crippen LogP contribution in [0.25, 0.3) is 11.7 Å². The van der Waals surface area contributed by atoms with Gasteiger partial charge in [0.15, 0.2) is 11.6 Å². The number of furan rings is 1. The second-order valence-corrected chi connectivity index (χ2v) is 5.84. The third-order valence-electron chi connectivity index (χ3n) is 4.15. The summed E-state index contributed by atoms with van der Waals surface area (Å²) in [5.41, 5.74) is 0.983. The molecule has 1 atom stereocenters. The van der Waals surface area contributed by atoms with Crippen molar-refractivity contribution in [3.8, 4) is 11.7 Å². The maximum absolute atomic E-state index is 5.28. The summed E-state index contributed by atoms with van der Waals surface area (Å²) in [4.78, 5) is 6.75. The molecule has 1 fully saturated rings. The molecule has 7 heteroatoms. The molecule has 0 aromatic carbocycles. The minimum atomic E-state index is 0.242. The zero-order valence-electron chi connectivity index (χ0n) is 12.9. The fraction of sp³-hybridized carbons (Fsp3) is 0.438. The molecular weight excluding hydrogens is 296 g/mol. The van der Waals surface area contributed by atoms with Crippen LogP contribution in [-0.2, 0) is 6.54 Å². The van der Waals surface area contributed by atoms with Crippen LogP contribution in [0.1, 0.15) is 42.6 Å². The Hall–Kier alpha value is -2.41. The Labute approximate surface area is 133 Å². The van der Waals surface area contributed by atoms with E-state index in [9.17, 15) is 0 Å². The van der Waals surface area contributed by atoms with Crippen molar-refractivity contribution in [2.75, 3.05) is 6.54 Å². The van der Waals surface area contributed by atoms with Crippen LogP contribution < -0.4 is 0 Å². The molecule has 120 valence electrons. The van der Waals surface area contributed by atoms with Gasteiger partial charge in [0, 0.05) is 6.07 Å². The van der Waals surface area contributed by atoms with Gasteiger partial charge in [0.05, 0.1) is 18.8 Å². The van der Waals surface area contributed by atoms with Crippen molar-refractivity contribution in [1.82, 2.24) is 20.2 Å². The first-order valence-corrected chi connectivity index (χ1v) is 7.83. The normalized spacial score (nSPS) is 19.3. The first-order chi connectivity index (χ1) is 11.3. The summed E-state index contributed by atoms with van der Waals surface area (Å²) >= 11 is 0. The Bertz CT molecular complexity index is 762. The van der Waals surface area contributed by atoms with Gasteiger partial charge in [-0.1, -0.05) is 16.7 Å². The fourth-order valence-corrected chi connectivity index (χ4v) is 3.06. The Balaban J connectivity index is 1.52. The SMILES string of the molecule is Cc1cc(C2CCCCN2Cc2noc(-c3ccco3)n2)no1. The van der Waals surface area contributed by atoms with E-state index in [1.807, 2.05) is 13.0 Å². The molecule has 4 heterocycles. The summed E-state index contributed by atoms with van der Waals surface area (Å²) in [5, 5.41) is 8.25. The highest BCUT2D eigenvalue weighted by Crippen LogP contribution is 2.31. The van der Waals surface area contributed by atoms with Gasteiger partial charge in [-0.2, -0.15) is 4.98 Å². The van der Waals surface area contributed by atoms with E-state index >= 15 is 0 Å². The lowest BCUT2D eigenvalue weighted by Gasteiger charge is -2.33. The Kier molecular flexibility index (Phi) is 3.70. The quantitative estimate of drug-likeness (QED) is 0.730. The number of nitrogens with zero attached hydrogens (tertiary/aromatic N) is 4. The van der Waals surface area contributed by atoms with Gasteiger partial charge in [0.25, 0.3) is 5.89 Å². The van der Waals surface area contributed by atoms with Gasteiger partial charge in [-0.3, -0.25) is 4.90 Å². The Morgan fingerprint density at radius 2 is 2.22 bits per heavy atom. The maximum Gasteiger partial charge on any atom is 0.293 e. The largest absolute Gasteiger partial charge is 0.459 e. The van der Waals surface area contributed by atoms with Gasteiger partial charge in [-0.25, -0.2) is 0 Å². The molecule has 0 amide bonds. The lowest BCUT2D eigenvalue weighted by Crippen LogP contribution is -2.33. The van der Waals surface area contributed by atoms with Crippen molar-refractivity contribution in [2.45, 2.75) is 38.8 Å². The van der Waals surface area contributed by atoms with Crippen molar-refractivity contribution in [3.63, 3.8) is 0 Å². The summed E-state index contributed by atoms with van der Waals surface area (Å²) in [5.74, 6) is 2.50. The predicted octanol–water partition coefficient (Wildman–Crippen LogP) is 3.35. The lowest BCUT2D eigenvalue weighted by atomic mass is 9.99. The first kappa shape index (κ1) is 14.2. The van der Waals surface area contributed by atoms with Crippen LogP contribution in [0.4, 0.5) is 0 Å². The van der Waals surface area contributed by atoms with Gasteiger partial charge >= 0.3 is 0 Å². The molecule has 0 aliphatic carbocycles. The van der Waals surface area contributed by atoms with E-state index < -0.39 is 0 Å².